The average molecular weight is 717 g/mol. The molecule has 0 saturated carbocycles. The Balaban J connectivity index is 1.95. The first-order valence-corrected chi connectivity index (χ1v) is 16.1. The van der Waals surface area contributed by atoms with E-state index in [-0.39, 0.29) is 75.2 Å². The Morgan fingerprint density at radius 2 is 1.79 bits per heavy atom. The van der Waals surface area contributed by atoms with Crippen LogP contribution in [0.5, 0.6) is 0 Å². The number of pyridine rings is 3. The standard InChI is InChI=1S/C33H30Cl4FN7O2/c1-7-21(46)44-16(5)12-43(13-17(44)6)31-18-10-20(34)29(22-23(35)26(38)25(37)27(40)24(22)36)42-32(18)45(33(47)19(31)11-39)30-15(4)8-9-41-28(30)14(2)3/h7-10,14,16-17H,1,12-13,40H2,2-6H3/t16-,17+. The number of nitriles is 1. The number of hydrogen-bond acceptors (Lipinski definition) is 7. The lowest BCUT2D eigenvalue weighted by molar-refractivity contribution is -0.130. The minimum absolute atomic E-state index is 0.00804. The maximum Gasteiger partial charge on any atom is 0.276 e. The number of nitrogens with zero attached hydrogens (tertiary/aromatic N) is 6. The highest BCUT2D eigenvalue weighted by Gasteiger charge is 2.36. The van der Waals surface area contributed by atoms with Gasteiger partial charge in [0.05, 0.1) is 43.5 Å². The molecule has 244 valence electrons. The topological polar surface area (TPSA) is 121 Å². The molecule has 1 aliphatic rings. The first-order chi connectivity index (χ1) is 22.2. The number of aryl methyl sites for hydroxylation is 1. The summed E-state index contributed by atoms with van der Waals surface area (Å²) in [7, 11) is 0. The second-order valence-electron chi connectivity index (χ2n) is 11.8. The summed E-state index contributed by atoms with van der Waals surface area (Å²) in [5.41, 5.74) is 6.87. The number of nitrogens with two attached hydrogens (primary N) is 1. The second-order valence-corrected chi connectivity index (χ2v) is 13.3. The Bertz CT molecular complexity index is 2050. The third-order valence-electron chi connectivity index (χ3n) is 8.31. The number of amides is 1. The van der Waals surface area contributed by atoms with Gasteiger partial charge in [-0.3, -0.25) is 19.1 Å². The molecule has 0 aliphatic carbocycles. The van der Waals surface area contributed by atoms with Crippen molar-refractivity contribution < 1.29 is 9.18 Å². The number of piperazine rings is 1. The normalized spacial score (nSPS) is 16.6. The number of hydrogen-bond donors (Lipinski definition) is 1. The van der Waals surface area contributed by atoms with Crippen LogP contribution in [-0.2, 0) is 4.79 Å². The number of carbonyl (C=O) groups is 1. The molecule has 14 heteroatoms. The fourth-order valence-electron chi connectivity index (χ4n) is 6.27. The van der Waals surface area contributed by atoms with Crippen LogP contribution >= 0.6 is 46.4 Å². The third-order valence-corrected chi connectivity index (χ3v) is 9.72. The van der Waals surface area contributed by atoms with Crippen molar-refractivity contribution in [3.63, 3.8) is 0 Å². The van der Waals surface area contributed by atoms with Gasteiger partial charge in [-0.1, -0.05) is 66.8 Å². The summed E-state index contributed by atoms with van der Waals surface area (Å²) in [5.74, 6) is -1.37. The fourth-order valence-corrected chi connectivity index (χ4v) is 7.41. The SMILES string of the molecule is C=CC(=O)N1[C@H](C)CN(c2c(C#N)c(=O)n(-c3c(C)ccnc3C(C)C)c3nc(-c4c(Cl)c(N)c(Cl)c(F)c4Cl)c(Cl)cc23)C[C@@H]1C. The van der Waals surface area contributed by atoms with Crippen LogP contribution in [0.1, 0.15) is 50.4 Å². The molecule has 2 atom stereocenters. The van der Waals surface area contributed by atoms with Gasteiger partial charge in [-0.15, -0.1) is 0 Å². The molecule has 3 aromatic heterocycles. The lowest BCUT2D eigenvalue weighted by Gasteiger charge is -2.45. The number of fused-ring (bicyclic) bond motifs is 1. The van der Waals surface area contributed by atoms with Gasteiger partial charge < -0.3 is 15.5 Å². The van der Waals surface area contributed by atoms with Gasteiger partial charge in [0, 0.05) is 42.3 Å². The van der Waals surface area contributed by atoms with Gasteiger partial charge in [-0.25, -0.2) is 9.37 Å². The molecule has 1 amide bonds. The third kappa shape index (κ3) is 5.59. The fraction of sp³-hybridized carbons (Fsp3) is 0.303. The van der Waals surface area contributed by atoms with Gasteiger partial charge in [-0.05, 0) is 50.5 Å². The van der Waals surface area contributed by atoms with Crippen molar-refractivity contribution in [2.75, 3.05) is 23.7 Å². The summed E-state index contributed by atoms with van der Waals surface area (Å²) >= 11 is 25.9. The Morgan fingerprint density at radius 1 is 1.15 bits per heavy atom. The lowest BCUT2D eigenvalue weighted by atomic mass is 10.0. The first kappa shape index (κ1) is 34.5. The van der Waals surface area contributed by atoms with E-state index in [2.05, 4.69) is 17.6 Å². The molecule has 1 saturated heterocycles. The number of rotatable bonds is 5. The minimum Gasteiger partial charge on any atom is -0.396 e. The van der Waals surface area contributed by atoms with Gasteiger partial charge in [0.2, 0.25) is 5.91 Å². The van der Waals surface area contributed by atoms with Crippen molar-refractivity contribution in [2.45, 2.75) is 52.6 Å². The summed E-state index contributed by atoms with van der Waals surface area (Å²) < 4.78 is 16.5. The number of halogens is 5. The van der Waals surface area contributed by atoms with Gasteiger partial charge in [0.15, 0.2) is 5.82 Å². The molecule has 1 aliphatic heterocycles. The van der Waals surface area contributed by atoms with Crippen LogP contribution in [0.4, 0.5) is 15.8 Å². The van der Waals surface area contributed by atoms with Crippen molar-refractivity contribution >= 4 is 74.7 Å². The highest BCUT2D eigenvalue weighted by atomic mass is 35.5. The zero-order valence-electron chi connectivity index (χ0n) is 26.1. The molecule has 2 N–H and O–H groups in total. The van der Waals surface area contributed by atoms with E-state index in [0.29, 0.717) is 28.0 Å². The predicted octanol–water partition coefficient (Wildman–Crippen LogP) is 7.70. The van der Waals surface area contributed by atoms with Crippen LogP contribution in [-0.4, -0.2) is 50.5 Å². The molecule has 47 heavy (non-hydrogen) atoms. The highest BCUT2D eigenvalue weighted by Crippen LogP contribution is 2.47. The second kappa shape index (κ2) is 13.0. The number of anilines is 2. The molecule has 0 spiro atoms. The molecule has 0 unspecified atom stereocenters. The van der Waals surface area contributed by atoms with Crippen LogP contribution in [0.2, 0.25) is 20.1 Å². The Hall–Kier alpha value is -3.88. The summed E-state index contributed by atoms with van der Waals surface area (Å²) in [6.07, 6.45) is 2.90. The number of nitrogen functional groups attached to an aromatic ring is 1. The first-order valence-electron chi connectivity index (χ1n) is 14.6. The zero-order valence-corrected chi connectivity index (χ0v) is 29.2. The molecule has 5 rings (SSSR count). The number of benzene rings is 1. The molecular weight excluding hydrogens is 687 g/mol. The minimum atomic E-state index is -1.01. The molecule has 0 radical (unpaired) electrons. The van der Waals surface area contributed by atoms with E-state index in [1.165, 1.54) is 16.7 Å². The van der Waals surface area contributed by atoms with Crippen molar-refractivity contribution in [3.05, 3.63) is 84.1 Å². The van der Waals surface area contributed by atoms with E-state index in [1.807, 2.05) is 39.5 Å². The van der Waals surface area contributed by atoms with E-state index >= 15 is 4.39 Å². The molecule has 9 nitrogen and oxygen atoms in total. The van der Waals surface area contributed by atoms with Crippen LogP contribution in [0.15, 0.2) is 35.8 Å². The highest BCUT2D eigenvalue weighted by molar-refractivity contribution is 6.46. The quantitative estimate of drug-likeness (QED) is 0.0973. The monoisotopic (exact) mass is 715 g/mol. The Kier molecular flexibility index (Phi) is 9.50. The van der Waals surface area contributed by atoms with Crippen molar-refractivity contribution in [1.82, 2.24) is 19.4 Å². The maximum atomic E-state index is 15.1. The van der Waals surface area contributed by atoms with Gasteiger partial charge in [-0.2, -0.15) is 5.26 Å². The van der Waals surface area contributed by atoms with E-state index in [1.54, 1.807) is 17.2 Å². The summed E-state index contributed by atoms with van der Waals surface area (Å²) in [6.45, 7) is 13.6. The molecule has 1 fully saturated rings. The molecular formula is C33H30Cl4FN7O2. The van der Waals surface area contributed by atoms with Crippen molar-refractivity contribution in [1.29, 1.82) is 5.26 Å². The summed E-state index contributed by atoms with van der Waals surface area (Å²) in [6, 6.07) is 4.81. The van der Waals surface area contributed by atoms with E-state index in [9.17, 15) is 14.9 Å². The van der Waals surface area contributed by atoms with Crippen LogP contribution in [0.25, 0.3) is 28.0 Å². The van der Waals surface area contributed by atoms with Crippen LogP contribution < -0.4 is 16.2 Å². The largest absolute Gasteiger partial charge is 0.396 e. The van der Waals surface area contributed by atoms with Gasteiger partial charge in [0.1, 0.15) is 22.3 Å². The summed E-state index contributed by atoms with van der Waals surface area (Å²) in [5, 5.41) is 9.79. The van der Waals surface area contributed by atoms with E-state index in [4.69, 9.17) is 57.1 Å². The Morgan fingerprint density at radius 3 is 2.36 bits per heavy atom. The number of carbonyl (C=O) groups excluding carboxylic acids is 1. The lowest BCUT2D eigenvalue weighted by Crippen LogP contribution is -2.58. The van der Waals surface area contributed by atoms with E-state index in [0.717, 1.165) is 0 Å². The Labute approximate surface area is 290 Å². The number of aromatic nitrogens is 3. The van der Waals surface area contributed by atoms with E-state index < -0.39 is 21.4 Å². The molecule has 1 aromatic carbocycles. The predicted molar refractivity (Wildman–Crippen MR) is 187 cm³/mol. The molecule has 0 bridgehead atoms. The molecule has 4 heterocycles. The summed E-state index contributed by atoms with van der Waals surface area (Å²) in [4.78, 5) is 40.3. The van der Waals surface area contributed by atoms with Crippen LogP contribution in [0.3, 0.4) is 0 Å². The van der Waals surface area contributed by atoms with Crippen molar-refractivity contribution in [3.8, 4) is 23.0 Å². The van der Waals surface area contributed by atoms with Gasteiger partial charge >= 0.3 is 0 Å². The van der Waals surface area contributed by atoms with Crippen LogP contribution in [0, 0.1) is 24.1 Å². The smallest absolute Gasteiger partial charge is 0.276 e. The average Bonchev–Trinajstić information content (AvgIpc) is 3.02. The maximum absolute atomic E-state index is 15.1. The molecule has 4 aromatic rings. The van der Waals surface area contributed by atoms with Crippen molar-refractivity contribution in [2.24, 2.45) is 0 Å². The van der Waals surface area contributed by atoms with Gasteiger partial charge in [0.25, 0.3) is 5.56 Å². The zero-order chi connectivity index (χ0) is 34.6.